The average molecular weight is 276 g/mol. The number of carbonyl (C=O) groups excluding carboxylic acids is 2. The van der Waals surface area contributed by atoms with Crippen LogP contribution in [0.25, 0.3) is 0 Å². The minimum atomic E-state index is -0.872. The highest BCUT2D eigenvalue weighted by molar-refractivity contribution is 7.99. The summed E-state index contributed by atoms with van der Waals surface area (Å²) in [5, 5.41) is 13.5. The summed E-state index contributed by atoms with van der Waals surface area (Å²) >= 11 is 1.23. The largest absolute Gasteiger partial charge is 0.481 e. The molecule has 0 aromatic rings. The average Bonchev–Trinajstić information content (AvgIpc) is 2.23. The van der Waals surface area contributed by atoms with Crippen molar-refractivity contribution in [3.8, 4) is 0 Å². The molecule has 0 radical (unpaired) electrons. The van der Waals surface area contributed by atoms with Gasteiger partial charge in [0.25, 0.3) is 0 Å². The van der Waals surface area contributed by atoms with E-state index in [1.54, 1.807) is 20.8 Å². The molecule has 0 aliphatic rings. The number of hydrogen-bond acceptors (Lipinski definition) is 4. The van der Waals surface area contributed by atoms with Crippen LogP contribution >= 0.6 is 11.8 Å². The van der Waals surface area contributed by atoms with Crippen LogP contribution in [0.5, 0.6) is 0 Å². The Morgan fingerprint density at radius 3 is 2.28 bits per heavy atom. The van der Waals surface area contributed by atoms with Crippen LogP contribution in [0.2, 0.25) is 0 Å². The second kappa shape index (κ2) is 7.97. The van der Waals surface area contributed by atoms with Gasteiger partial charge in [-0.3, -0.25) is 14.4 Å². The van der Waals surface area contributed by atoms with E-state index in [1.807, 2.05) is 0 Å². The van der Waals surface area contributed by atoms with E-state index in [1.165, 1.54) is 11.8 Å². The molecule has 0 aliphatic carbocycles. The molecular formula is C11H20N2O4S. The topological polar surface area (TPSA) is 95.5 Å². The van der Waals surface area contributed by atoms with Gasteiger partial charge < -0.3 is 15.7 Å². The molecule has 0 saturated carbocycles. The Balaban J connectivity index is 3.61. The summed E-state index contributed by atoms with van der Waals surface area (Å²) in [5.74, 6) is -0.771. The quantitative estimate of drug-likeness (QED) is 0.572. The number of thioether (sulfide) groups is 1. The normalized spacial score (nSPS) is 10.8. The van der Waals surface area contributed by atoms with Crippen molar-refractivity contribution in [2.75, 3.05) is 24.6 Å². The highest BCUT2D eigenvalue weighted by Gasteiger charge is 2.21. The molecule has 0 aromatic carbocycles. The minimum Gasteiger partial charge on any atom is -0.481 e. The van der Waals surface area contributed by atoms with Crippen molar-refractivity contribution in [2.45, 2.75) is 20.8 Å². The minimum absolute atomic E-state index is 0.0244. The van der Waals surface area contributed by atoms with E-state index < -0.39 is 11.4 Å². The summed E-state index contributed by atoms with van der Waals surface area (Å²) in [7, 11) is 0. The van der Waals surface area contributed by atoms with Gasteiger partial charge in [0.2, 0.25) is 11.8 Å². The van der Waals surface area contributed by atoms with Gasteiger partial charge in [0.15, 0.2) is 0 Å². The lowest BCUT2D eigenvalue weighted by atomic mass is 9.96. The first-order chi connectivity index (χ1) is 8.23. The van der Waals surface area contributed by atoms with Crippen LogP contribution in [0.15, 0.2) is 0 Å². The van der Waals surface area contributed by atoms with Crippen LogP contribution in [0, 0.1) is 5.41 Å². The van der Waals surface area contributed by atoms with Crippen LogP contribution in [-0.2, 0) is 14.4 Å². The maximum atomic E-state index is 11.5. The first-order valence-electron chi connectivity index (χ1n) is 5.58. The van der Waals surface area contributed by atoms with E-state index in [0.29, 0.717) is 12.3 Å². The molecule has 0 bridgehead atoms. The molecule has 7 heteroatoms. The first kappa shape index (κ1) is 16.8. The Morgan fingerprint density at radius 2 is 1.78 bits per heavy atom. The van der Waals surface area contributed by atoms with Crippen LogP contribution in [0.1, 0.15) is 20.8 Å². The molecule has 0 spiro atoms. The Bertz CT molecular complexity index is 313. The zero-order chi connectivity index (χ0) is 14.2. The predicted molar refractivity (Wildman–Crippen MR) is 70.4 cm³/mol. The lowest BCUT2D eigenvalue weighted by molar-refractivity contribution is -0.134. The zero-order valence-corrected chi connectivity index (χ0v) is 11.7. The third-order valence-electron chi connectivity index (χ3n) is 1.88. The molecule has 0 aliphatic heterocycles. The summed E-state index contributed by atoms with van der Waals surface area (Å²) in [6.45, 7) is 5.64. The molecule has 0 unspecified atom stereocenters. The van der Waals surface area contributed by atoms with Gasteiger partial charge in [0, 0.05) is 17.7 Å². The van der Waals surface area contributed by atoms with Crippen LogP contribution in [0.4, 0.5) is 0 Å². The van der Waals surface area contributed by atoms with Gasteiger partial charge in [-0.2, -0.15) is 0 Å². The maximum Gasteiger partial charge on any atom is 0.313 e. The van der Waals surface area contributed by atoms with Gasteiger partial charge in [0.05, 0.1) is 12.3 Å². The van der Waals surface area contributed by atoms with E-state index in [0.717, 1.165) is 0 Å². The third-order valence-corrected chi connectivity index (χ3v) is 2.83. The Kier molecular flexibility index (Phi) is 7.42. The smallest absolute Gasteiger partial charge is 0.313 e. The van der Waals surface area contributed by atoms with Crippen molar-refractivity contribution >= 4 is 29.5 Å². The molecular weight excluding hydrogens is 256 g/mol. The lowest BCUT2D eigenvalue weighted by Gasteiger charge is -2.17. The third kappa shape index (κ3) is 8.86. The molecule has 18 heavy (non-hydrogen) atoms. The van der Waals surface area contributed by atoms with Crippen molar-refractivity contribution in [2.24, 2.45) is 5.41 Å². The van der Waals surface area contributed by atoms with Gasteiger partial charge in [-0.25, -0.2) is 0 Å². The number of carboxylic acid groups (broad SMARTS) is 1. The number of amides is 2. The highest BCUT2D eigenvalue weighted by atomic mass is 32.2. The number of rotatable bonds is 7. The van der Waals surface area contributed by atoms with E-state index in [-0.39, 0.29) is 24.1 Å². The van der Waals surface area contributed by atoms with Crippen molar-refractivity contribution in [1.82, 2.24) is 10.6 Å². The van der Waals surface area contributed by atoms with Gasteiger partial charge in [0.1, 0.15) is 0 Å². The fraction of sp³-hybridized carbons (Fsp3) is 0.727. The van der Waals surface area contributed by atoms with Crippen molar-refractivity contribution in [3.63, 3.8) is 0 Å². The van der Waals surface area contributed by atoms with E-state index >= 15 is 0 Å². The molecule has 0 aromatic heterocycles. The first-order valence-corrected chi connectivity index (χ1v) is 6.73. The monoisotopic (exact) mass is 276 g/mol. The molecule has 6 nitrogen and oxygen atoms in total. The summed E-state index contributed by atoms with van der Waals surface area (Å²) in [5.41, 5.74) is -0.516. The summed E-state index contributed by atoms with van der Waals surface area (Å²) in [6, 6.07) is 0. The summed E-state index contributed by atoms with van der Waals surface area (Å²) in [6.07, 6.45) is 0. The zero-order valence-electron chi connectivity index (χ0n) is 10.9. The van der Waals surface area contributed by atoms with Crippen LogP contribution < -0.4 is 10.6 Å². The highest BCUT2D eigenvalue weighted by Crippen LogP contribution is 2.11. The maximum absolute atomic E-state index is 11.5. The molecule has 3 N–H and O–H groups in total. The predicted octanol–water partition coefficient (Wildman–Crippen LogP) is 0.0827. The Hall–Kier alpha value is -1.24. The lowest BCUT2D eigenvalue weighted by Crippen LogP contribution is -2.42. The van der Waals surface area contributed by atoms with Crippen LogP contribution in [-0.4, -0.2) is 47.5 Å². The molecule has 0 saturated heterocycles. The van der Waals surface area contributed by atoms with Crippen molar-refractivity contribution < 1.29 is 19.5 Å². The molecule has 104 valence electrons. The summed E-state index contributed by atoms with van der Waals surface area (Å²) < 4.78 is 0. The standard InChI is InChI=1S/C11H20N2O4S/c1-11(2,3)10(17)13-6-8(14)12-4-5-18-7-9(15)16/h4-7H2,1-3H3,(H,12,14)(H,13,17)(H,15,16). The van der Waals surface area contributed by atoms with Gasteiger partial charge in [-0.1, -0.05) is 20.8 Å². The van der Waals surface area contributed by atoms with Gasteiger partial charge in [-0.15, -0.1) is 11.8 Å². The second-order valence-corrected chi connectivity index (χ2v) is 5.83. The number of carbonyl (C=O) groups is 3. The number of hydrogen-bond donors (Lipinski definition) is 3. The van der Waals surface area contributed by atoms with E-state index in [2.05, 4.69) is 10.6 Å². The van der Waals surface area contributed by atoms with E-state index in [9.17, 15) is 14.4 Å². The fourth-order valence-electron chi connectivity index (χ4n) is 0.910. The number of aliphatic carboxylic acids is 1. The van der Waals surface area contributed by atoms with Crippen LogP contribution in [0.3, 0.4) is 0 Å². The van der Waals surface area contributed by atoms with E-state index in [4.69, 9.17) is 5.11 Å². The van der Waals surface area contributed by atoms with Gasteiger partial charge in [-0.05, 0) is 0 Å². The molecule has 0 heterocycles. The fourth-order valence-corrected chi connectivity index (χ4v) is 1.48. The molecule has 0 rings (SSSR count). The Labute approximate surface area is 111 Å². The Morgan fingerprint density at radius 1 is 1.17 bits per heavy atom. The summed E-state index contributed by atoms with van der Waals surface area (Å²) in [4.78, 5) is 33.0. The SMILES string of the molecule is CC(C)(C)C(=O)NCC(=O)NCCSCC(=O)O. The number of nitrogens with one attached hydrogen (secondary N) is 2. The number of carboxylic acids is 1. The van der Waals surface area contributed by atoms with Crippen molar-refractivity contribution in [1.29, 1.82) is 0 Å². The molecule has 2 amide bonds. The molecule has 0 atom stereocenters. The molecule has 0 fully saturated rings. The van der Waals surface area contributed by atoms with Crippen molar-refractivity contribution in [3.05, 3.63) is 0 Å². The second-order valence-electron chi connectivity index (χ2n) is 4.73. The van der Waals surface area contributed by atoms with Gasteiger partial charge >= 0.3 is 5.97 Å².